The Balaban J connectivity index is 0.000000292. The molecule has 3 nitrogen and oxygen atoms in total. The lowest BCUT2D eigenvalue weighted by atomic mass is 10.4. The molecule has 1 fully saturated rings. The van der Waals surface area contributed by atoms with Crippen LogP contribution in [-0.2, 0) is 9.59 Å². The molecule has 1 amide bonds. The minimum Gasteiger partial charge on any atom is -0.343 e. The van der Waals surface area contributed by atoms with Crippen molar-refractivity contribution in [3.63, 3.8) is 0 Å². The molecule has 0 spiro atoms. The number of hydrogen-bond acceptors (Lipinski definition) is 2. The van der Waals surface area contributed by atoms with Crippen molar-refractivity contribution < 1.29 is 9.59 Å². The van der Waals surface area contributed by atoms with E-state index in [1.54, 1.807) is 0 Å². The summed E-state index contributed by atoms with van der Waals surface area (Å²) in [7, 11) is 0. The van der Waals surface area contributed by atoms with Crippen LogP contribution in [0, 0.1) is 0 Å². The Kier molecular flexibility index (Phi) is 5.43. The molecule has 0 N–H and O–H groups in total. The third-order valence-corrected chi connectivity index (χ3v) is 1.55. The van der Waals surface area contributed by atoms with Gasteiger partial charge in [0.15, 0.2) is 0 Å². The Labute approximate surface area is 67.4 Å². The minimum absolute atomic E-state index is 0.326. The highest BCUT2D eigenvalue weighted by Crippen LogP contribution is 2.07. The maximum atomic E-state index is 10.7. The van der Waals surface area contributed by atoms with Crippen molar-refractivity contribution in [3.05, 3.63) is 0 Å². The zero-order valence-corrected chi connectivity index (χ0v) is 7.17. The van der Waals surface area contributed by atoms with E-state index in [-0.39, 0.29) is 0 Å². The van der Waals surface area contributed by atoms with Crippen molar-refractivity contribution in [2.75, 3.05) is 13.1 Å². The molecule has 64 valence electrons. The minimum atomic E-state index is 0.326. The van der Waals surface area contributed by atoms with E-state index in [1.165, 1.54) is 6.92 Å². The van der Waals surface area contributed by atoms with Gasteiger partial charge in [-0.15, -0.1) is 0 Å². The molecule has 0 aliphatic carbocycles. The lowest BCUT2D eigenvalue weighted by Gasteiger charge is -2.10. The molecule has 0 aromatic carbocycles. The Morgan fingerprint density at radius 2 is 2.18 bits per heavy atom. The number of carbonyl (C=O) groups excluding carboxylic acids is 2. The molecule has 3 heteroatoms. The second-order valence-electron chi connectivity index (χ2n) is 2.31. The highest BCUT2D eigenvalue weighted by Gasteiger charge is 2.16. The van der Waals surface area contributed by atoms with Crippen LogP contribution in [-0.4, -0.2) is 30.2 Å². The predicted molar refractivity (Wildman–Crippen MR) is 43.2 cm³/mol. The SMILES string of the molecule is CC=O.CCN1CCCC1=O. The monoisotopic (exact) mass is 157 g/mol. The third-order valence-electron chi connectivity index (χ3n) is 1.55. The van der Waals surface area contributed by atoms with Gasteiger partial charge in [-0.05, 0) is 20.3 Å². The van der Waals surface area contributed by atoms with Gasteiger partial charge < -0.3 is 9.69 Å². The van der Waals surface area contributed by atoms with Crippen LogP contribution in [0.5, 0.6) is 0 Å². The van der Waals surface area contributed by atoms with Crippen LogP contribution in [0.4, 0.5) is 0 Å². The smallest absolute Gasteiger partial charge is 0.222 e. The van der Waals surface area contributed by atoms with Gasteiger partial charge in [-0.3, -0.25) is 4.79 Å². The van der Waals surface area contributed by atoms with Crippen LogP contribution in [0.3, 0.4) is 0 Å². The van der Waals surface area contributed by atoms with Gasteiger partial charge >= 0.3 is 0 Å². The molecule has 0 aromatic heterocycles. The Morgan fingerprint density at radius 3 is 2.36 bits per heavy atom. The average molecular weight is 157 g/mol. The summed E-state index contributed by atoms with van der Waals surface area (Å²) >= 11 is 0. The first-order chi connectivity index (χ1) is 5.26. The number of rotatable bonds is 1. The number of carbonyl (C=O) groups is 2. The number of hydrogen-bond donors (Lipinski definition) is 0. The summed E-state index contributed by atoms with van der Waals surface area (Å²) in [6.45, 7) is 5.33. The van der Waals surface area contributed by atoms with Crippen LogP contribution < -0.4 is 0 Å². The first-order valence-corrected chi connectivity index (χ1v) is 3.93. The molecule has 1 rings (SSSR count). The van der Waals surface area contributed by atoms with Crippen molar-refractivity contribution >= 4 is 12.2 Å². The molecule has 0 bridgehead atoms. The van der Waals surface area contributed by atoms with Gasteiger partial charge in [0.2, 0.25) is 5.91 Å². The molecule has 1 aliphatic heterocycles. The predicted octanol–water partition coefficient (Wildman–Crippen LogP) is 0.834. The largest absolute Gasteiger partial charge is 0.343 e. The van der Waals surface area contributed by atoms with E-state index in [2.05, 4.69) is 0 Å². The van der Waals surface area contributed by atoms with Gasteiger partial charge in [-0.1, -0.05) is 0 Å². The highest BCUT2D eigenvalue weighted by molar-refractivity contribution is 5.77. The van der Waals surface area contributed by atoms with Crippen molar-refractivity contribution in [1.29, 1.82) is 0 Å². The number of aldehydes is 1. The lowest BCUT2D eigenvalue weighted by Crippen LogP contribution is -2.23. The van der Waals surface area contributed by atoms with Gasteiger partial charge in [0.25, 0.3) is 0 Å². The van der Waals surface area contributed by atoms with E-state index in [0.29, 0.717) is 5.91 Å². The zero-order valence-electron chi connectivity index (χ0n) is 7.17. The van der Waals surface area contributed by atoms with Crippen molar-refractivity contribution in [2.24, 2.45) is 0 Å². The standard InChI is InChI=1S/C6H11NO.C2H4O/c1-2-7-5-3-4-6(7)8;1-2-3/h2-5H2,1H3;2H,1H3. The maximum Gasteiger partial charge on any atom is 0.222 e. The summed E-state index contributed by atoms with van der Waals surface area (Å²) in [5.41, 5.74) is 0. The van der Waals surface area contributed by atoms with Crippen molar-refractivity contribution in [2.45, 2.75) is 26.7 Å². The molecule has 1 heterocycles. The number of nitrogens with zero attached hydrogens (tertiary/aromatic N) is 1. The third kappa shape index (κ3) is 3.75. The topological polar surface area (TPSA) is 37.4 Å². The van der Waals surface area contributed by atoms with Gasteiger partial charge in [0.1, 0.15) is 6.29 Å². The fourth-order valence-electron chi connectivity index (χ4n) is 1.04. The van der Waals surface area contributed by atoms with Crippen molar-refractivity contribution in [3.8, 4) is 0 Å². The lowest BCUT2D eigenvalue weighted by molar-refractivity contribution is -0.127. The van der Waals surface area contributed by atoms with Crippen molar-refractivity contribution in [1.82, 2.24) is 4.90 Å². The first kappa shape index (κ1) is 10.1. The Hall–Kier alpha value is -0.860. The molecule has 0 atom stereocenters. The van der Waals surface area contributed by atoms with Gasteiger partial charge in [-0.25, -0.2) is 0 Å². The molecular formula is C8H15NO2. The van der Waals surface area contributed by atoms with E-state index >= 15 is 0 Å². The highest BCUT2D eigenvalue weighted by atomic mass is 16.2. The summed E-state index contributed by atoms with van der Waals surface area (Å²) in [5.74, 6) is 0.326. The molecule has 1 aliphatic rings. The number of likely N-dealkylation sites (tertiary alicyclic amines) is 1. The molecule has 0 aromatic rings. The second kappa shape index (κ2) is 5.89. The maximum absolute atomic E-state index is 10.7. The van der Waals surface area contributed by atoms with E-state index in [0.717, 1.165) is 32.2 Å². The Bertz CT molecular complexity index is 134. The van der Waals surface area contributed by atoms with E-state index in [1.807, 2.05) is 11.8 Å². The summed E-state index contributed by atoms with van der Waals surface area (Å²) in [6, 6.07) is 0. The van der Waals surface area contributed by atoms with Crippen LogP contribution in [0.25, 0.3) is 0 Å². The molecular weight excluding hydrogens is 142 g/mol. The zero-order chi connectivity index (χ0) is 8.69. The average Bonchev–Trinajstić information content (AvgIpc) is 2.36. The molecule has 0 radical (unpaired) electrons. The second-order valence-corrected chi connectivity index (χ2v) is 2.31. The fourth-order valence-corrected chi connectivity index (χ4v) is 1.04. The molecule has 11 heavy (non-hydrogen) atoms. The van der Waals surface area contributed by atoms with Gasteiger partial charge in [-0.2, -0.15) is 0 Å². The van der Waals surface area contributed by atoms with E-state index in [9.17, 15) is 4.79 Å². The summed E-state index contributed by atoms with van der Waals surface area (Å²) in [6.07, 6.45) is 2.58. The quantitative estimate of drug-likeness (QED) is 0.529. The number of amides is 1. The fraction of sp³-hybridized carbons (Fsp3) is 0.750. The molecule has 0 saturated carbocycles. The molecule has 0 unspecified atom stereocenters. The van der Waals surface area contributed by atoms with Gasteiger partial charge in [0.05, 0.1) is 0 Å². The first-order valence-electron chi connectivity index (χ1n) is 3.93. The van der Waals surface area contributed by atoms with Crippen LogP contribution in [0.15, 0.2) is 0 Å². The van der Waals surface area contributed by atoms with Crippen LogP contribution in [0.1, 0.15) is 26.7 Å². The van der Waals surface area contributed by atoms with Gasteiger partial charge in [0, 0.05) is 19.5 Å². The van der Waals surface area contributed by atoms with E-state index in [4.69, 9.17) is 4.79 Å². The van der Waals surface area contributed by atoms with Crippen LogP contribution in [0.2, 0.25) is 0 Å². The molecule has 1 saturated heterocycles. The summed E-state index contributed by atoms with van der Waals surface area (Å²) in [4.78, 5) is 21.4. The normalized spacial score (nSPS) is 15.8. The Morgan fingerprint density at radius 1 is 1.64 bits per heavy atom. The van der Waals surface area contributed by atoms with E-state index < -0.39 is 0 Å². The summed E-state index contributed by atoms with van der Waals surface area (Å²) in [5, 5.41) is 0. The summed E-state index contributed by atoms with van der Waals surface area (Å²) < 4.78 is 0. The van der Waals surface area contributed by atoms with Crippen LogP contribution >= 0.6 is 0 Å².